The molecule has 0 aliphatic heterocycles. The Hall–Kier alpha value is -1.75. The first-order valence-corrected chi connectivity index (χ1v) is 3.99. The molecule has 74 valence electrons. The number of carbonyl (C=O) groups excluding carboxylic acids is 1. The number of aliphatic hydroxyl groups excluding tert-OH is 1. The summed E-state index contributed by atoms with van der Waals surface area (Å²) in [6, 6.07) is 6.25. The highest BCUT2D eigenvalue weighted by molar-refractivity contribution is 5.77. The largest absolute Gasteiger partial charge is 0.381 e. The van der Waals surface area contributed by atoms with E-state index < -0.39 is 17.6 Å². The van der Waals surface area contributed by atoms with Gasteiger partial charge in [-0.3, -0.25) is 14.9 Å². The lowest BCUT2D eigenvalue weighted by Gasteiger charge is -2.07. The molecule has 1 rings (SSSR count). The van der Waals surface area contributed by atoms with Crippen LogP contribution in [0.1, 0.15) is 22.0 Å². The van der Waals surface area contributed by atoms with Crippen molar-refractivity contribution in [1.82, 2.24) is 0 Å². The van der Waals surface area contributed by atoms with Gasteiger partial charge in [0.1, 0.15) is 12.4 Å². The van der Waals surface area contributed by atoms with E-state index in [1.165, 1.54) is 12.1 Å². The predicted octanol–water partition coefficient (Wildman–Crippen LogP) is 0.809. The van der Waals surface area contributed by atoms with E-state index in [0.29, 0.717) is 11.8 Å². The maximum Gasteiger partial charge on any atom is 0.233 e. The average Bonchev–Trinajstić information content (AvgIpc) is 2.16. The van der Waals surface area contributed by atoms with Crippen LogP contribution >= 0.6 is 0 Å². The van der Waals surface area contributed by atoms with Crippen molar-refractivity contribution >= 4 is 6.29 Å². The Bertz CT molecular complexity index is 350. The lowest BCUT2D eigenvalue weighted by molar-refractivity contribution is -0.491. The monoisotopic (exact) mass is 195 g/mol. The number of carbonyl (C=O) groups is 1. The van der Waals surface area contributed by atoms with Crippen molar-refractivity contribution in [3.05, 3.63) is 45.5 Å². The number of rotatable bonds is 4. The van der Waals surface area contributed by atoms with Crippen LogP contribution in [0, 0.1) is 10.1 Å². The molecule has 0 saturated heterocycles. The second kappa shape index (κ2) is 4.48. The van der Waals surface area contributed by atoms with Crippen LogP contribution in [-0.4, -0.2) is 22.9 Å². The van der Waals surface area contributed by atoms with Gasteiger partial charge in [-0.2, -0.15) is 0 Å². The van der Waals surface area contributed by atoms with E-state index >= 15 is 0 Å². The molecule has 0 heterocycles. The SMILES string of the molecule is O=Cc1ccccc1C(O)C[N+](=O)[O-]. The lowest BCUT2D eigenvalue weighted by atomic mass is 10.0. The molecule has 0 spiro atoms. The van der Waals surface area contributed by atoms with Crippen LogP contribution in [0.3, 0.4) is 0 Å². The molecule has 1 unspecified atom stereocenters. The van der Waals surface area contributed by atoms with Gasteiger partial charge in [-0.1, -0.05) is 24.3 Å². The molecule has 0 aliphatic carbocycles. The Morgan fingerprint density at radius 3 is 2.71 bits per heavy atom. The molecule has 0 aliphatic rings. The zero-order valence-electron chi connectivity index (χ0n) is 7.29. The number of hydrogen-bond acceptors (Lipinski definition) is 4. The number of benzene rings is 1. The predicted molar refractivity (Wildman–Crippen MR) is 48.7 cm³/mol. The number of nitro groups is 1. The van der Waals surface area contributed by atoms with Crippen LogP contribution in [0.4, 0.5) is 0 Å². The number of hydrogen-bond donors (Lipinski definition) is 1. The number of aliphatic hydroxyl groups is 1. The fourth-order valence-electron chi connectivity index (χ4n) is 1.16. The minimum atomic E-state index is -1.23. The molecule has 0 aromatic heterocycles. The summed E-state index contributed by atoms with van der Waals surface area (Å²) in [5.41, 5.74) is 0.570. The Morgan fingerprint density at radius 2 is 2.14 bits per heavy atom. The first-order chi connectivity index (χ1) is 6.65. The van der Waals surface area contributed by atoms with E-state index in [9.17, 15) is 20.0 Å². The third kappa shape index (κ3) is 2.37. The standard InChI is InChI=1S/C9H9NO4/c11-6-7-3-1-2-4-8(7)9(12)5-10(13)14/h1-4,6,9,12H,5H2. The summed E-state index contributed by atoms with van der Waals surface area (Å²) < 4.78 is 0. The summed E-state index contributed by atoms with van der Waals surface area (Å²) >= 11 is 0. The van der Waals surface area contributed by atoms with Crippen LogP contribution in [0.2, 0.25) is 0 Å². The Kier molecular flexibility index (Phi) is 3.30. The van der Waals surface area contributed by atoms with Gasteiger partial charge in [-0.25, -0.2) is 0 Å². The molecule has 0 amide bonds. The van der Waals surface area contributed by atoms with E-state index in [1.54, 1.807) is 12.1 Å². The van der Waals surface area contributed by atoms with Crippen LogP contribution < -0.4 is 0 Å². The minimum Gasteiger partial charge on any atom is -0.381 e. The fourth-order valence-corrected chi connectivity index (χ4v) is 1.16. The van der Waals surface area contributed by atoms with Gasteiger partial charge in [-0.15, -0.1) is 0 Å². The zero-order valence-corrected chi connectivity index (χ0v) is 7.29. The molecular formula is C9H9NO4. The summed E-state index contributed by atoms with van der Waals surface area (Å²) in [6.07, 6.45) is -0.662. The molecule has 14 heavy (non-hydrogen) atoms. The summed E-state index contributed by atoms with van der Waals surface area (Å²) in [6.45, 7) is -0.592. The average molecular weight is 195 g/mol. The normalized spacial score (nSPS) is 12.1. The van der Waals surface area contributed by atoms with E-state index in [0.717, 1.165) is 0 Å². The molecule has 5 nitrogen and oxygen atoms in total. The molecule has 1 aromatic carbocycles. The molecule has 1 N–H and O–H groups in total. The quantitative estimate of drug-likeness (QED) is 0.438. The van der Waals surface area contributed by atoms with Gasteiger partial charge < -0.3 is 5.11 Å². The van der Waals surface area contributed by atoms with Crippen molar-refractivity contribution in [3.63, 3.8) is 0 Å². The van der Waals surface area contributed by atoms with Crippen molar-refractivity contribution < 1.29 is 14.8 Å². The maximum atomic E-state index is 10.5. The minimum absolute atomic E-state index is 0.279. The highest BCUT2D eigenvalue weighted by atomic mass is 16.6. The second-order valence-electron chi connectivity index (χ2n) is 2.78. The van der Waals surface area contributed by atoms with Crippen molar-refractivity contribution in [2.45, 2.75) is 6.10 Å². The van der Waals surface area contributed by atoms with Gasteiger partial charge in [-0.05, 0) is 5.56 Å². The van der Waals surface area contributed by atoms with Crippen molar-refractivity contribution in [2.24, 2.45) is 0 Å². The summed E-state index contributed by atoms with van der Waals surface area (Å²) in [4.78, 5) is 20.1. The van der Waals surface area contributed by atoms with E-state index in [-0.39, 0.29) is 5.56 Å². The summed E-state index contributed by atoms with van der Waals surface area (Å²) in [7, 11) is 0. The van der Waals surface area contributed by atoms with Crippen LogP contribution in [0.25, 0.3) is 0 Å². The summed E-state index contributed by atoms with van der Waals surface area (Å²) in [5, 5.41) is 19.5. The molecule has 0 saturated carbocycles. The van der Waals surface area contributed by atoms with Gasteiger partial charge in [0.05, 0.1) is 0 Å². The maximum absolute atomic E-state index is 10.5. The third-order valence-electron chi connectivity index (χ3n) is 1.80. The van der Waals surface area contributed by atoms with E-state index in [2.05, 4.69) is 0 Å². The Morgan fingerprint density at radius 1 is 1.50 bits per heavy atom. The topological polar surface area (TPSA) is 80.4 Å². The molecule has 0 bridgehead atoms. The zero-order chi connectivity index (χ0) is 10.6. The first kappa shape index (κ1) is 10.3. The van der Waals surface area contributed by atoms with Gasteiger partial charge in [0.25, 0.3) is 0 Å². The van der Waals surface area contributed by atoms with Crippen molar-refractivity contribution in [1.29, 1.82) is 0 Å². The first-order valence-electron chi connectivity index (χ1n) is 3.99. The molecule has 1 aromatic rings. The van der Waals surface area contributed by atoms with Gasteiger partial charge >= 0.3 is 0 Å². The molecular weight excluding hydrogens is 186 g/mol. The number of aldehydes is 1. The van der Waals surface area contributed by atoms with Gasteiger partial charge in [0, 0.05) is 10.5 Å². The van der Waals surface area contributed by atoms with Crippen molar-refractivity contribution in [3.8, 4) is 0 Å². The van der Waals surface area contributed by atoms with Gasteiger partial charge in [0.2, 0.25) is 6.54 Å². The van der Waals surface area contributed by atoms with Crippen molar-refractivity contribution in [2.75, 3.05) is 6.54 Å². The molecule has 0 radical (unpaired) electrons. The fraction of sp³-hybridized carbons (Fsp3) is 0.222. The van der Waals surface area contributed by atoms with E-state index in [4.69, 9.17) is 0 Å². The second-order valence-corrected chi connectivity index (χ2v) is 2.78. The van der Waals surface area contributed by atoms with Crippen LogP contribution in [0.5, 0.6) is 0 Å². The van der Waals surface area contributed by atoms with Gasteiger partial charge in [0.15, 0.2) is 0 Å². The molecule has 1 atom stereocenters. The van der Waals surface area contributed by atoms with Crippen LogP contribution in [0.15, 0.2) is 24.3 Å². The lowest BCUT2D eigenvalue weighted by Crippen LogP contribution is -2.13. The van der Waals surface area contributed by atoms with Crippen LogP contribution in [-0.2, 0) is 0 Å². The third-order valence-corrected chi connectivity index (χ3v) is 1.80. The molecule has 0 fully saturated rings. The highest BCUT2D eigenvalue weighted by Crippen LogP contribution is 2.16. The number of nitrogens with zero attached hydrogens (tertiary/aromatic N) is 1. The Balaban J connectivity index is 2.93. The molecule has 5 heteroatoms. The Labute approximate surface area is 80.1 Å². The highest BCUT2D eigenvalue weighted by Gasteiger charge is 2.16. The van der Waals surface area contributed by atoms with E-state index in [1.807, 2.05) is 0 Å². The smallest absolute Gasteiger partial charge is 0.233 e. The summed E-state index contributed by atoms with van der Waals surface area (Å²) in [5.74, 6) is 0.